The molecule has 0 nitrogen and oxygen atoms in total. The van der Waals surface area contributed by atoms with E-state index in [-0.39, 0.29) is 0 Å². The van der Waals surface area contributed by atoms with E-state index in [2.05, 4.69) is 130 Å². The molecule has 0 aliphatic heterocycles. The van der Waals surface area contributed by atoms with Crippen molar-refractivity contribution in [2.24, 2.45) is 11.8 Å². The van der Waals surface area contributed by atoms with E-state index in [1.165, 1.54) is 71.6 Å². The van der Waals surface area contributed by atoms with Crippen molar-refractivity contribution in [2.45, 2.75) is 64.5 Å². The van der Waals surface area contributed by atoms with Gasteiger partial charge in [0.05, 0.1) is 8.07 Å². The van der Waals surface area contributed by atoms with Crippen molar-refractivity contribution in [3.63, 3.8) is 0 Å². The molecule has 0 saturated heterocycles. The molecule has 0 N–H and O–H groups in total. The van der Waals surface area contributed by atoms with Crippen LogP contribution in [0.25, 0.3) is 11.1 Å². The third-order valence-electron chi connectivity index (χ3n) is 11.5. The predicted octanol–water partition coefficient (Wildman–Crippen LogP) is 10.5. The van der Waals surface area contributed by atoms with Gasteiger partial charge in [-0.25, -0.2) is 0 Å². The van der Waals surface area contributed by atoms with Crippen molar-refractivity contribution in [1.29, 1.82) is 0 Å². The summed E-state index contributed by atoms with van der Waals surface area (Å²) < 4.78 is 0. The van der Waals surface area contributed by atoms with E-state index in [1.54, 1.807) is 22.9 Å². The third kappa shape index (κ3) is 4.42. The highest BCUT2D eigenvalue weighted by Crippen LogP contribution is 2.71. The fourth-order valence-corrected chi connectivity index (χ4v) is 16.1. The fraction of sp³-hybridized carbons (Fsp3) is 0.286. The number of allylic oxidation sites excluding steroid dienone is 8. The zero-order valence-electron chi connectivity index (χ0n) is 25.9. The molecular formula is C42H42Si. The van der Waals surface area contributed by atoms with E-state index >= 15 is 0 Å². The van der Waals surface area contributed by atoms with Gasteiger partial charge in [0.1, 0.15) is 0 Å². The molecule has 0 spiro atoms. The van der Waals surface area contributed by atoms with Gasteiger partial charge in [-0.2, -0.15) is 0 Å². The molecule has 0 aromatic heterocycles. The molecule has 10 radical (unpaired) electrons. The molecule has 1 unspecified atom stereocenters. The van der Waals surface area contributed by atoms with E-state index in [4.69, 9.17) is 0 Å². The average molecular weight is 575 g/mol. The molecule has 0 heterocycles. The first kappa shape index (κ1) is 28.1. The van der Waals surface area contributed by atoms with E-state index in [0.29, 0.717) is 0 Å². The van der Waals surface area contributed by atoms with Crippen molar-refractivity contribution in [3.8, 4) is 0 Å². The topological polar surface area (TPSA) is 0 Å². The Labute approximate surface area is 262 Å². The number of hydrogen-bond acceptors (Lipinski definition) is 0. The molecule has 6 aliphatic carbocycles. The zero-order valence-corrected chi connectivity index (χ0v) is 26.9. The van der Waals surface area contributed by atoms with Crippen molar-refractivity contribution in [3.05, 3.63) is 168 Å². The Balaban J connectivity index is 1.23. The largest absolute Gasteiger partial charge is 0.0761 e. The van der Waals surface area contributed by atoms with Gasteiger partial charge in [-0.3, -0.25) is 0 Å². The fourth-order valence-electron chi connectivity index (χ4n) is 9.69. The van der Waals surface area contributed by atoms with Gasteiger partial charge in [0.15, 0.2) is 0 Å². The average Bonchev–Trinajstić information content (AvgIpc) is 3.86. The molecule has 43 heavy (non-hydrogen) atoms. The summed E-state index contributed by atoms with van der Waals surface area (Å²) in [6, 6.07) is 22.1. The lowest BCUT2D eigenvalue weighted by Crippen LogP contribution is -2.55. The molecule has 2 aromatic rings. The molecular weight excluding hydrogens is 533 g/mol. The number of benzene rings is 2. The molecule has 214 valence electrons. The quantitative estimate of drug-likeness (QED) is 0.289. The monoisotopic (exact) mass is 574 g/mol. The van der Waals surface area contributed by atoms with E-state index in [0.717, 1.165) is 30.2 Å². The van der Waals surface area contributed by atoms with E-state index < -0.39 is 8.07 Å². The minimum absolute atomic E-state index is 0.804. The molecule has 8 rings (SSSR count). The Morgan fingerprint density at radius 1 is 0.628 bits per heavy atom. The lowest BCUT2D eigenvalue weighted by molar-refractivity contribution is 0.467. The standard InChI is InChI=1S/C42H42Si/c1-4-29-26-38-34(31-14-8-6-9-15-31)18-12-20-36(38)41(29)43(3,40-25-28-22-23-33(40)24-28)42-30(5-2)27-39-35(19-13-21-37(39)42)32-16-10-7-11-17-32/h6-21,26-28,33,40H,4-5,22-25H2,1-3H3/t28-,33+,40?/m1/s1. The summed E-state index contributed by atoms with van der Waals surface area (Å²) in [4.78, 5) is 0. The minimum Gasteiger partial charge on any atom is -0.0761 e. The van der Waals surface area contributed by atoms with Crippen LogP contribution >= 0.6 is 0 Å². The Hall–Kier alpha value is -2.38. The molecule has 3 atom stereocenters. The first-order valence-electron chi connectivity index (χ1n) is 16.7. The van der Waals surface area contributed by atoms with Gasteiger partial charge in [0, 0.05) is 23.7 Å². The number of fused-ring (bicyclic) bond motifs is 4. The van der Waals surface area contributed by atoms with E-state index in [9.17, 15) is 0 Å². The van der Waals surface area contributed by atoms with Crippen LogP contribution in [0.5, 0.6) is 0 Å². The van der Waals surface area contributed by atoms with Crippen LogP contribution in [-0.4, -0.2) is 8.07 Å². The van der Waals surface area contributed by atoms with Crippen LogP contribution in [0.2, 0.25) is 12.1 Å². The summed E-state index contributed by atoms with van der Waals surface area (Å²) in [7, 11) is -2.23. The summed E-state index contributed by atoms with van der Waals surface area (Å²) in [5.74, 6) is 11.0. The van der Waals surface area contributed by atoms with Gasteiger partial charge in [0.2, 0.25) is 0 Å². The number of rotatable bonds is 7. The van der Waals surface area contributed by atoms with Crippen molar-refractivity contribution < 1.29 is 0 Å². The second-order valence-corrected chi connectivity index (χ2v) is 17.7. The summed E-state index contributed by atoms with van der Waals surface area (Å²) in [6.07, 6.45) is 27.5. The molecule has 2 aromatic carbocycles. The van der Waals surface area contributed by atoms with Gasteiger partial charge in [-0.05, 0) is 101 Å². The maximum absolute atomic E-state index is 2.81. The van der Waals surface area contributed by atoms with Crippen LogP contribution < -0.4 is 0 Å². The van der Waals surface area contributed by atoms with Gasteiger partial charge in [0.25, 0.3) is 0 Å². The first-order chi connectivity index (χ1) is 21.1. The third-order valence-corrected chi connectivity index (χ3v) is 16.9. The molecule has 4 saturated carbocycles. The second kappa shape index (κ2) is 11.2. The van der Waals surface area contributed by atoms with Crippen LogP contribution in [0, 0.1) is 71.3 Å². The van der Waals surface area contributed by atoms with Gasteiger partial charge in [-0.1, -0.05) is 130 Å². The molecule has 1 heteroatoms. The normalized spacial score (nSPS) is 29.4. The van der Waals surface area contributed by atoms with Crippen LogP contribution in [0.4, 0.5) is 0 Å². The molecule has 2 bridgehead atoms. The second-order valence-electron chi connectivity index (χ2n) is 13.5. The van der Waals surface area contributed by atoms with Crippen molar-refractivity contribution >= 4 is 19.2 Å². The predicted molar refractivity (Wildman–Crippen MR) is 183 cm³/mol. The van der Waals surface area contributed by atoms with Crippen LogP contribution in [0.3, 0.4) is 0 Å². The summed E-state index contributed by atoms with van der Waals surface area (Å²) >= 11 is 0. The maximum Gasteiger partial charge on any atom is 0.0705 e. The minimum atomic E-state index is -2.23. The first-order valence-corrected chi connectivity index (χ1v) is 19.2. The summed E-state index contributed by atoms with van der Waals surface area (Å²) in [5.41, 5.74) is 9.75. The summed E-state index contributed by atoms with van der Waals surface area (Å²) in [5, 5.41) is 0. The lowest BCUT2D eigenvalue weighted by atomic mass is 9.81. The molecule has 0 amide bonds. The Morgan fingerprint density at radius 2 is 1.14 bits per heavy atom. The van der Waals surface area contributed by atoms with Gasteiger partial charge >= 0.3 is 0 Å². The van der Waals surface area contributed by atoms with Crippen LogP contribution in [-0.2, 0) is 0 Å². The lowest BCUT2D eigenvalue weighted by Gasteiger charge is -2.52. The summed E-state index contributed by atoms with van der Waals surface area (Å²) in [6.45, 7) is 7.60. The van der Waals surface area contributed by atoms with Gasteiger partial charge < -0.3 is 0 Å². The number of hydrogen-bond donors (Lipinski definition) is 0. The van der Waals surface area contributed by atoms with Crippen molar-refractivity contribution in [2.75, 3.05) is 0 Å². The molecule has 6 aliphatic rings. The van der Waals surface area contributed by atoms with Crippen molar-refractivity contribution in [1.82, 2.24) is 0 Å². The van der Waals surface area contributed by atoms with Crippen LogP contribution in [0.15, 0.2) is 97.1 Å². The Morgan fingerprint density at radius 3 is 1.56 bits per heavy atom. The van der Waals surface area contributed by atoms with Crippen LogP contribution in [0.1, 0.15) is 63.5 Å². The zero-order chi connectivity index (χ0) is 29.1. The van der Waals surface area contributed by atoms with Gasteiger partial charge in [-0.15, -0.1) is 0 Å². The SMILES string of the molecule is CC[C]1[CH][C]2[C](C=CC=C2c2ccccc2)[C]1[Si](C)([C]1[C](CC)[CH][C]2[C]1C=CC=C2c1ccccc1)C1C[C@@H]2CC[C@H]1C2. The Kier molecular flexibility index (Phi) is 7.33. The maximum atomic E-state index is 2.81. The molecule has 4 fully saturated rings. The highest BCUT2D eigenvalue weighted by Gasteiger charge is 2.67. The highest BCUT2D eigenvalue weighted by molar-refractivity contribution is 6.93. The smallest absolute Gasteiger partial charge is 0.0705 e. The van der Waals surface area contributed by atoms with E-state index in [1.807, 2.05) is 0 Å². The highest BCUT2D eigenvalue weighted by atomic mass is 28.3. The Bertz CT molecular complexity index is 1330.